The maximum Gasteiger partial charge on any atom is 0.164 e. The zero-order valence-electron chi connectivity index (χ0n) is 29.8. The molecule has 0 unspecified atom stereocenters. The van der Waals surface area contributed by atoms with Crippen molar-refractivity contribution in [1.82, 2.24) is 24.9 Å². The first-order valence-corrected chi connectivity index (χ1v) is 18.4. The monoisotopic (exact) mass is 719 g/mol. The highest BCUT2D eigenvalue weighted by molar-refractivity contribution is 6.07. The second kappa shape index (κ2) is 13.0. The second-order valence-corrected chi connectivity index (χ2v) is 13.7. The summed E-state index contributed by atoms with van der Waals surface area (Å²) in [5.74, 6) is 2.20. The predicted molar refractivity (Wildman–Crippen MR) is 223 cm³/mol. The van der Waals surface area contributed by atoms with Crippen molar-refractivity contribution in [3.8, 4) is 68.1 Å². The number of rotatable bonds is 6. The Labute approximate surface area is 320 Å². The van der Waals surface area contributed by atoms with Gasteiger partial charge in [-0.1, -0.05) is 121 Å². The molecule has 7 aromatic carbocycles. The topological polar surface area (TPSA) is 90.7 Å². The second-order valence-electron chi connectivity index (χ2n) is 13.7. The van der Waals surface area contributed by atoms with Gasteiger partial charge in [0.15, 0.2) is 23.3 Å². The van der Waals surface area contributed by atoms with Crippen LogP contribution >= 0.6 is 0 Å². The lowest BCUT2D eigenvalue weighted by atomic mass is 10.0. The molecule has 7 heteroatoms. The van der Waals surface area contributed by atoms with Crippen molar-refractivity contribution in [2.45, 2.75) is 0 Å². The van der Waals surface area contributed by atoms with Crippen molar-refractivity contribution in [2.75, 3.05) is 0 Å². The largest absolute Gasteiger partial charge is 0.456 e. The first kappa shape index (κ1) is 31.7. The molecular weight excluding hydrogens is 691 g/mol. The summed E-state index contributed by atoms with van der Waals surface area (Å²) in [4.78, 5) is 25.7. The molecule has 11 aromatic rings. The van der Waals surface area contributed by atoms with Crippen LogP contribution in [-0.2, 0) is 0 Å². The molecule has 0 aliphatic heterocycles. The minimum absolute atomic E-state index is 0.517. The van der Waals surface area contributed by atoms with Crippen LogP contribution in [0.15, 0.2) is 185 Å². The summed E-state index contributed by atoms with van der Waals surface area (Å²) in [6.45, 7) is 0. The smallest absolute Gasteiger partial charge is 0.164 e. The summed E-state index contributed by atoms with van der Waals surface area (Å²) in [7, 11) is 0. The standard InChI is InChI=1S/C49H29N5O2/c1-3-13-30(14-4-1)40-29-41(32-23-25-44-38(27-32)34-17-9-11-21-42(34)55-44)51-48(50-40)36-19-7-8-20-37(36)49-53-46(31-15-5-2-6-16-31)52-47(54-49)33-24-26-45-39(28-33)35-18-10-12-22-43(35)56-45/h1-29H. The highest BCUT2D eigenvalue weighted by Crippen LogP contribution is 2.37. The van der Waals surface area contributed by atoms with Gasteiger partial charge in [0, 0.05) is 54.9 Å². The molecule has 4 heterocycles. The van der Waals surface area contributed by atoms with Crippen LogP contribution in [-0.4, -0.2) is 24.9 Å². The lowest BCUT2D eigenvalue weighted by molar-refractivity contribution is 0.668. The number of para-hydroxylation sites is 2. The number of hydrogen-bond acceptors (Lipinski definition) is 7. The first-order valence-electron chi connectivity index (χ1n) is 18.4. The van der Waals surface area contributed by atoms with E-state index in [1.54, 1.807) is 0 Å². The first-order chi connectivity index (χ1) is 27.7. The van der Waals surface area contributed by atoms with Crippen LogP contribution < -0.4 is 0 Å². The summed E-state index contributed by atoms with van der Waals surface area (Å²) in [5, 5.41) is 4.14. The van der Waals surface area contributed by atoms with E-state index < -0.39 is 0 Å². The van der Waals surface area contributed by atoms with E-state index in [-0.39, 0.29) is 0 Å². The minimum Gasteiger partial charge on any atom is -0.456 e. The Hall–Kier alpha value is -7.77. The Morgan fingerprint density at radius 3 is 1.32 bits per heavy atom. The van der Waals surface area contributed by atoms with E-state index in [1.807, 2.05) is 127 Å². The maximum absolute atomic E-state index is 6.16. The van der Waals surface area contributed by atoms with Gasteiger partial charge in [0.25, 0.3) is 0 Å². The van der Waals surface area contributed by atoms with Crippen LogP contribution in [0.25, 0.3) is 112 Å². The summed E-state index contributed by atoms with van der Waals surface area (Å²) in [5.41, 5.74) is 10.2. The zero-order valence-corrected chi connectivity index (χ0v) is 29.8. The van der Waals surface area contributed by atoms with Gasteiger partial charge in [-0.25, -0.2) is 24.9 Å². The van der Waals surface area contributed by atoms with E-state index in [0.29, 0.717) is 23.3 Å². The maximum atomic E-state index is 6.16. The lowest BCUT2D eigenvalue weighted by Gasteiger charge is -2.13. The highest BCUT2D eigenvalue weighted by atomic mass is 16.3. The normalized spacial score (nSPS) is 11.6. The van der Waals surface area contributed by atoms with Crippen molar-refractivity contribution < 1.29 is 8.83 Å². The molecule has 0 spiro atoms. The molecule has 0 saturated heterocycles. The molecule has 0 aliphatic carbocycles. The fourth-order valence-corrected chi connectivity index (χ4v) is 7.44. The Bertz CT molecular complexity index is 3040. The Kier molecular flexibility index (Phi) is 7.35. The lowest BCUT2D eigenvalue weighted by Crippen LogP contribution is -2.02. The highest BCUT2D eigenvalue weighted by Gasteiger charge is 2.20. The van der Waals surface area contributed by atoms with Crippen LogP contribution in [0.3, 0.4) is 0 Å². The summed E-state index contributed by atoms with van der Waals surface area (Å²) >= 11 is 0. The van der Waals surface area contributed by atoms with Gasteiger partial charge in [0.2, 0.25) is 0 Å². The van der Waals surface area contributed by atoms with Gasteiger partial charge in [-0.05, 0) is 54.6 Å². The van der Waals surface area contributed by atoms with E-state index in [2.05, 4.69) is 48.5 Å². The van der Waals surface area contributed by atoms with Crippen molar-refractivity contribution in [2.24, 2.45) is 0 Å². The molecule has 0 saturated carbocycles. The van der Waals surface area contributed by atoms with Crippen LogP contribution in [0, 0.1) is 0 Å². The number of aromatic nitrogens is 5. The van der Waals surface area contributed by atoms with Crippen LogP contribution in [0.1, 0.15) is 0 Å². The molecule has 262 valence electrons. The Morgan fingerprint density at radius 2 is 0.696 bits per heavy atom. The number of benzene rings is 7. The van der Waals surface area contributed by atoms with E-state index in [1.165, 1.54) is 0 Å². The van der Waals surface area contributed by atoms with Crippen molar-refractivity contribution in [3.63, 3.8) is 0 Å². The Balaban J connectivity index is 1.11. The Morgan fingerprint density at radius 1 is 0.268 bits per heavy atom. The molecule has 0 radical (unpaired) electrons. The molecule has 7 nitrogen and oxygen atoms in total. The van der Waals surface area contributed by atoms with Gasteiger partial charge in [0.05, 0.1) is 11.4 Å². The number of nitrogens with zero attached hydrogens (tertiary/aromatic N) is 5. The van der Waals surface area contributed by atoms with E-state index in [0.717, 1.165) is 88.6 Å². The number of fused-ring (bicyclic) bond motifs is 6. The molecule has 56 heavy (non-hydrogen) atoms. The average Bonchev–Trinajstić information content (AvgIpc) is 3.84. The fraction of sp³-hybridized carbons (Fsp3) is 0. The van der Waals surface area contributed by atoms with Gasteiger partial charge in [-0.3, -0.25) is 0 Å². The molecule has 0 bridgehead atoms. The molecule has 0 aliphatic rings. The predicted octanol–water partition coefficient (Wildman–Crippen LogP) is 12.5. The van der Waals surface area contributed by atoms with Crippen LogP contribution in [0.5, 0.6) is 0 Å². The third-order valence-corrected chi connectivity index (χ3v) is 10.2. The summed E-state index contributed by atoms with van der Waals surface area (Å²) in [6.07, 6.45) is 0. The third kappa shape index (κ3) is 5.49. The van der Waals surface area contributed by atoms with Crippen molar-refractivity contribution in [1.29, 1.82) is 0 Å². The average molecular weight is 720 g/mol. The van der Waals surface area contributed by atoms with Gasteiger partial charge >= 0.3 is 0 Å². The summed E-state index contributed by atoms with van der Waals surface area (Å²) in [6, 6.07) is 58.8. The van der Waals surface area contributed by atoms with Crippen molar-refractivity contribution in [3.05, 3.63) is 176 Å². The summed E-state index contributed by atoms with van der Waals surface area (Å²) < 4.78 is 12.3. The van der Waals surface area contributed by atoms with Crippen LogP contribution in [0.2, 0.25) is 0 Å². The molecule has 0 N–H and O–H groups in total. The van der Waals surface area contributed by atoms with Gasteiger partial charge in [-0.2, -0.15) is 0 Å². The number of furan rings is 2. The molecular formula is C49H29N5O2. The minimum atomic E-state index is 0.517. The molecule has 0 fully saturated rings. The molecule has 11 rings (SSSR count). The molecule has 4 aromatic heterocycles. The molecule has 0 atom stereocenters. The SMILES string of the molecule is c1ccc(-c2cc(-c3ccc4oc5ccccc5c4c3)nc(-c3ccccc3-c3nc(-c4ccccc4)nc(-c4ccc5oc6ccccc6c5c4)n3)n2)cc1. The van der Waals surface area contributed by atoms with Crippen molar-refractivity contribution >= 4 is 43.9 Å². The van der Waals surface area contributed by atoms with Gasteiger partial charge in [0.1, 0.15) is 22.3 Å². The quantitative estimate of drug-likeness (QED) is 0.169. The van der Waals surface area contributed by atoms with Crippen LogP contribution in [0.4, 0.5) is 0 Å². The van der Waals surface area contributed by atoms with Gasteiger partial charge < -0.3 is 8.83 Å². The molecule has 0 amide bonds. The number of hydrogen-bond donors (Lipinski definition) is 0. The van der Waals surface area contributed by atoms with E-state index >= 15 is 0 Å². The fourth-order valence-electron chi connectivity index (χ4n) is 7.44. The van der Waals surface area contributed by atoms with Gasteiger partial charge in [-0.15, -0.1) is 0 Å². The van der Waals surface area contributed by atoms with E-state index in [9.17, 15) is 0 Å². The van der Waals surface area contributed by atoms with E-state index in [4.69, 9.17) is 33.8 Å². The zero-order chi connectivity index (χ0) is 37.0. The third-order valence-electron chi connectivity index (χ3n) is 10.2.